The van der Waals surface area contributed by atoms with Crippen LogP contribution in [0.5, 0.6) is 0 Å². The first kappa shape index (κ1) is 10.8. The molecule has 4 heteroatoms. The van der Waals surface area contributed by atoms with Gasteiger partial charge in [-0.25, -0.2) is 0 Å². The Bertz CT molecular complexity index is 362. The minimum atomic E-state index is 0.108. The maximum atomic E-state index is 12.1. The molecule has 0 spiro atoms. The molecule has 4 nitrogen and oxygen atoms in total. The highest BCUT2D eigenvalue weighted by Crippen LogP contribution is 2.15. The van der Waals surface area contributed by atoms with Crippen LogP contribution in [-0.2, 0) is 4.79 Å². The van der Waals surface area contributed by atoms with Gasteiger partial charge >= 0.3 is 0 Å². The van der Waals surface area contributed by atoms with Gasteiger partial charge in [0.1, 0.15) is 0 Å². The van der Waals surface area contributed by atoms with E-state index in [-0.39, 0.29) is 5.91 Å². The zero-order valence-electron chi connectivity index (χ0n) is 9.28. The standard InChI is InChI=1S/C12H17N3O/c13-9-11-8-10(4-5-14-11)12(16)15-6-2-1-3-7-15/h4-5,8-9,14H,1-3,6-7,13H2/b11-9-. The molecule has 0 unspecified atom stereocenters. The second-order valence-corrected chi connectivity index (χ2v) is 4.05. The molecule has 1 fully saturated rings. The minimum absolute atomic E-state index is 0.108. The van der Waals surface area contributed by atoms with Gasteiger partial charge in [-0.3, -0.25) is 4.79 Å². The Balaban J connectivity index is 2.09. The second kappa shape index (κ2) is 4.88. The Hall–Kier alpha value is -1.71. The first-order valence-corrected chi connectivity index (χ1v) is 5.67. The predicted octanol–water partition coefficient (Wildman–Crippen LogP) is 0.842. The molecule has 0 aromatic rings. The van der Waals surface area contributed by atoms with E-state index in [2.05, 4.69) is 5.32 Å². The van der Waals surface area contributed by atoms with Crippen LogP contribution in [0.25, 0.3) is 0 Å². The van der Waals surface area contributed by atoms with E-state index in [1.165, 1.54) is 12.6 Å². The van der Waals surface area contributed by atoms with Crippen molar-refractivity contribution >= 4 is 5.91 Å². The summed E-state index contributed by atoms with van der Waals surface area (Å²) in [7, 11) is 0. The number of amides is 1. The molecule has 1 amide bonds. The maximum Gasteiger partial charge on any atom is 0.253 e. The number of likely N-dealkylation sites (tertiary alicyclic amines) is 1. The summed E-state index contributed by atoms with van der Waals surface area (Å²) in [5.41, 5.74) is 6.89. The van der Waals surface area contributed by atoms with Gasteiger partial charge in [-0.15, -0.1) is 0 Å². The molecule has 0 atom stereocenters. The Morgan fingerprint density at radius 2 is 2.12 bits per heavy atom. The van der Waals surface area contributed by atoms with Crippen LogP contribution in [0.4, 0.5) is 0 Å². The van der Waals surface area contributed by atoms with E-state index in [0.29, 0.717) is 5.57 Å². The fourth-order valence-electron chi connectivity index (χ4n) is 1.99. The molecule has 86 valence electrons. The van der Waals surface area contributed by atoms with E-state index in [1.807, 2.05) is 4.90 Å². The molecular weight excluding hydrogens is 202 g/mol. The Morgan fingerprint density at radius 1 is 1.38 bits per heavy atom. The molecule has 0 bridgehead atoms. The third kappa shape index (κ3) is 2.27. The van der Waals surface area contributed by atoms with Crippen molar-refractivity contribution in [1.82, 2.24) is 10.2 Å². The van der Waals surface area contributed by atoms with Crippen LogP contribution in [0, 0.1) is 0 Å². The Morgan fingerprint density at radius 3 is 2.81 bits per heavy atom. The molecule has 0 aliphatic carbocycles. The number of hydrogen-bond acceptors (Lipinski definition) is 3. The lowest BCUT2D eigenvalue weighted by Gasteiger charge is -2.27. The summed E-state index contributed by atoms with van der Waals surface area (Å²) in [6.07, 6.45) is 10.2. The number of nitrogens with one attached hydrogen (secondary N) is 1. The number of dihydropyridines is 1. The fourth-order valence-corrected chi connectivity index (χ4v) is 1.99. The number of piperidine rings is 1. The number of rotatable bonds is 1. The van der Waals surface area contributed by atoms with E-state index in [0.717, 1.165) is 31.6 Å². The Labute approximate surface area is 95.5 Å². The van der Waals surface area contributed by atoms with Gasteiger partial charge in [-0.2, -0.15) is 0 Å². The van der Waals surface area contributed by atoms with Gasteiger partial charge in [-0.1, -0.05) is 0 Å². The number of allylic oxidation sites excluding steroid dienone is 1. The van der Waals surface area contributed by atoms with Crippen molar-refractivity contribution in [3.63, 3.8) is 0 Å². The fraction of sp³-hybridized carbons (Fsp3) is 0.417. The number of nitrogens with two attached hydrogens (primary N) is 1. The molecule has 3 N–H and O–H groups in total. The molecule has 0 aromatic carbocycles. The predicted molar refractivity (Wildman–Crippen MR) is 63.1 cm³/mol. The van der Waals surface area contributed by atoms with Crippen molar-refractivity contribution in [1.29, 1.82) is 0 Å². The van der Waals surface area contributed by atoms with Crippen molar-refractivity contribution in [2.75, 3.05) is 13.1 Å². The highest BCUT2D eigenvalue weighted by atomic mass is 16.2. The van der Waals surface area contributed by atoms with Gasteiger partial charge in [0, 0.05) is 31.1 Å². The lowest BCUT2D eigenvalue weighted by molar-refractivity contribution is -0.127. The van der Waals surface area contributed by atoms with Gasteiger partial charge < -0.3 is 16.0 Å². The van der Waals surface area contributed by atoms with E-state index in [9.17, 15) is 4.79 Å². The number of nitrogens with zero attached hydrogens (tertiary/aromatic N) is 1. The van der Waals surface area contributed by atoms with Crippen LogP contribution in [0.15, 0.2) is 35.8 Å². The monoisotopic (exact) mass is 219 g/mol. The van der Waals surface area contributed by atoms with Crippen LogP contribution in [0.2, 0.25) is 0 Å². The van der Waals surface area contributed by atoms with E-state index in [4.69, 9.17) is 5.73 Å². The molecule has 2 aliphatic heterocycles. The first-order valence-electron chi connectivity index (χ1n) is 5.67. The summed E-state index contributed by atoms with van der Waals surface area (Å²) in [4.78, 5) is 14.0. The van der Waals surface area contributed by atoms with Crippen molar-refractivity contribution in [3.05, 3.63) is 35.8 Å². The smallest absolute Gasteiger partial charge is 0.253 e. The van der Waals surface area contributed by atoms with E-state index in [1.54, 1.807) is 18.4 Å². The SMILES string of the molecule is N/C=C1/C=C(C(=O)N2CCCCC2)C=CN1. The van der Waals surface area contributed by atoms with Gasteiger partial charge in [0.15, 0.2) is 0 Å². The lowest BCUT2D eigenvalue weighted by Crippen LogP contribution is -2.36. The van der Waals surface area contributed by atoms with Crippen molar-refractivity contribution in [3.8, 4) is 0 Å². The summed E-state index contributed by atoms with van der Waals surface area (Å²) in [5, 5.41) is 2.96. The minimum Gasteiger partial charge on any atom is -0.403 e. The number of carbonyl (C=O) groups is 1. The van der Waals surface area contributed by atoms with Gasteiger partial charge in [0.2, 0.25) is 0 Å². The summed E-state index contributed by atoms with van der Waals surface area (Å²) >= 11 is 0. The van der Waals surface area contributed by atoms with Gasteiger partial charge in [0.05, 0.1) is 5.70 Å². The first-order chi connectivity index (χ1) is 7.81. The molecule has 2 rings (SSSR count). The highest BCUT2D eigenvalue weighted by Gasteiger charge is 2.19. The van der Waals surface area contributed by atoms with Crippen LogP contribution in [-0.4, -0.2) is 23.9 Å². The molecule has 0 radical (unpaired) electrons. The molecule has 2 aliphatic rings. The third-order valence-corrected chi connectivity index (χ3v) is 2.89. The molecule has 0 aromatic heterocycles. The largest absolute Gasteiger partial charge is 0.403 e. The molecule has 0 saturated carbocycles. The summed E-state index contributed by atoms with van der Waals surface area (Å²) in [6, 6.07) is 0. The van der Waals surface area contributed by atoms with Crippen LogP contribution in [0.1, 0.15) is 19.3 Å². The highest BCUT2D eigenvalue weighted by molar-refractivity contribution is 5.97. The van der Waals surface area contributed by atoms with Crippen molar-refractivity contribution in [2.45, 2.75) is 19.3 Å². The average molecular weight is 219 g/mol. The van der Waals surface area contributed by atoms with Crippen LogP contribution >= 0.6 is 0 Å². The second-order valence-electron chi connectivity index (χ2n) is 4.05. The van der Waals surface area contributed by atoms with Crippen molar-refractivity contribution < 1.29 is 4.79 Å². The van der Waals surface area contributed by atoms with E-state index < -0.39 is 0 Å². The molecule has 16 heavy (non-hydrogen) atoms. The topological polar surface area (TPSA) is 58.4 Å². The Kier molecular flexibility index (Phi) is 3.29. The zero-order chi connectivity index (χ0) is 11.4. The van der Waals surface area contributed by atoms with Crippen LogP contribution < -0.4 is 11.1 Å². The van der Waals surface area contributed by atoms with Crippen LogP contribution in [0.3, 0.4) is 0 Å². The molecule has 1 saturated heterocycles. The average Bonchev–Trinajstić information content (AvgIpc) is 2.39. The van der Waals surface area contributed by atoms with E-state index >= 15 is 0 Å². The third-order valence-electron chi connectivity index (χ3n) is 2.89. The lowest BCUT2D eigenvalue weighted by atomic mass is 10.1. The number of carbonyl (C=O) groups excluding carboxylic acids is 1. The normalized spacial score (nSPS) is 22.9. The zero-order valence-corrected chi connectivity index (χ0v) is 9.28. The summed E-state index contributed by atoms with van der Waals surface area (Å²) in [6.45, 7) is 1.75. The van der Waals surface area contributed by atoms with Crippen molar-refractivity contribution in [2.24, 2.45) is 5.73 Å². The molecular formula is C12H17N3O. The maximum absolute atomic E-state index is 12.1. The molecule has 2 heterocycles. The van der Waals surface area contributed by atoms with Gasteiger partial charge in [0.25, 0.3) is 5.91 Å². The quantitative estimate of drug-likeness (QED) is 0.687. The van der Waals surface area contributed by atoms with Gasteiger partial charge in [-0.05, 0) is 31.4 Å². The number of hydrogen-bond donors (Lipinski definition) is 2. The summed E-state index contributed by atoms with van der Waals surface area (Å²) < 4.78 is 0. The summed E-state index contributed by atoms with van der Waals surface area (Å²) in [5.74, 6) is 0.108.